The van der Waals surface area contributed by atoms with Gasteiger partial charge in [-0.15, -0.1) is 0 Å². The normalized spacial score (nSPS) is 28.9. The lowest BCUT2D eigenvalue weighted by Gasteiger charge is -2.33. The Morgan fingerprint density at radius 1 is 1.08 bits per heavy atom. The molecule has 1 saturated heterocycles. The minimum Gasteiger partial charge on any atom is -0.497 e. The van der Waals surface area contributed by atoms with E-state index in [1.807, 2.05) is 45.1 Å². The third-order valence-corrected chi connectivity index (χ3v) is 13.8. The van der Waals surface area contributed by atoms with Crippen LogP contribution in [0.1, 0.15) is 100 Å². The molecule has 1 aromatic carbocycles. The van der Waals surface area contributed by atoms with Crippen molar-refractivity contribution in [1.82, 2.24) is 30.8 Å². The molecule has 7 atom stereocenters. The number of nitrogens with one attached hydrogen (secondary N) is 4. The third kappa shape index (κ3) is 10.0. The van der Waals surface area contributed by atoms with Gasteiger partial charge in [-0.05, 0) is 115 Å². The fourth-order valence-corrected chi connectivity index (χ4v) is 9.21. The number of hydrogen-bond acceptors (Lipinski definition) is 12. The number of fused-ring (bicyclic) bond motifs is 3. The van der Waals surface area contributed by atoms with Crippen molar-refractivity contribution in [3.8, 4) is 17.5 Å². The number of benzene rings is 1. The number of ether oxygens (including phenoxy) is 4. The van der Waals surface area contributed by atoms with Gasteiger partial charge in [0.1, 0.15) is 35.1 Å². The first kappa shape index (κ1) is 43.9. The number of carbonyl (C=O) groups is 4. The molecule has 2 aromatic rings. The number of hydrazine groups is 1. The second-order valence-corrected chi connectivity index (χ2v) is 20.4. The highest BCUT2D eigenvalue weighted by Gasteiger charge is 2.63. The summed E-state index contributed by atoms with van der Waals surface area (Å²) in [5.41, 5.74) is 3.13. The molecule has 0 bridgehead atoms. The molecule has 2 saturated carbocycles. The topological polar surface area (TPSA) is 204 Å². The third-order valence-electron chi connectivity index (χ3n) is 11.6. The summed E-state index contributed by atoms with van der Waals surface area (Å²) in [5.74, 6) is -1.40. The Bertz CT molecular complexity index is 2080. The molecule has 324 valence electrons. The Balaban J connectivity index is 1.36. The highest BCUT2D eigenvalue weighted by atomic mass is 32.2. The minimum atomic E-state index is -4.02. The standard InChI is InChI=1S/C42H60N6O10S/c1-24(2)56-33-20-27-19-29(55-9)14-15-31(27)36(43-33)57-30-21-32-35(49)44-42(38(51)47-59(53,54)41(8)16-17-41)22-28(42)13-11-10-12-25(3)18-26(4)34(37(50)48(32)23-30)45-46-39(52)58-40(5,6)7/h11,13-15,19-20,24-26,28,30,32,34,45H,10,12,16-18,21-23H2,1-9H3,(H,44,49)(H,46,52)(H,47,51)/b13-11-/t25-,26-,28-,30-,32+,34+,42-/m1/s1. The van der Waals surface area contributed by atoms with Gasteiger partial charge in [-0.1, -0.05) is 26.0 Å². The Labute approximate surface area is 346 Å². The van der Waals surface area contributed by atoms with Crippen molar-refractivity contribution < 1.29 is 46.5 Å². The van der Waals surface area contributed by atoms with Gasteiger partial charge in [0.2, 0.25) is 33.6 Å². The number of carbonyl (C=O) groups excluding carboxylic acids is 4. The Morgan fingerprint density at radius 2 is 1.81 bits per heavy atom. The van der Waals surface area contributed by atoms with Crippen molar-refractivity contribution in [3.63, 3.8) is 0 Å². The van der Waals surface area contributed by atoms with Gasteiger partial charge in [0, 0.05) is 23.8 Å². The predicted octanol–water partition coefficient (Wildman–Crippen LogP) is 4.66. The maximum absolute atomic E-state index is 14.9. The molecule has 0 unspecified atom stereocenters. The number of nitrogens with zero attached hydrogens (tertiary/aromatic N) is 2. The van der Waals surface area contributed by atoms with Gasteiger partial charge < -0.3 is 29.2 Å². The second kappa shape index (κ2) is 16.8. The summed E-state index contributed by atoms with van der Waals surface area (Å²) in [4.78, 5) is 62.5. The Morgan fingerprint density at radius 3 is 2.47 bits per heavy atom. The Kier molecular flexibility index (Phi) is 12.5. The number of aromatic nitrogens is 1. The van der Waals surface area contributed by atoms with Gasteiger partial charge in [0.05, 0.1) is 24.5 Å². The molecule has 4 aliphatic rings. The number of hydrogen-bond donors (Lipinski definition) is 4. The first-order valence-electron chi connectivity index (χ1n) is 20.6. The van der Waals surface area contributed by atoms with E-state index in [9.17, 15) is 27.6 Å². The lowest BCUT2D eigenvalue weighted by molar-refractivity contribution is -0.142. The molecule has 16 nitrogen and oxygen atoms in total. The summed E-state index contributed by atoms with van der Waals surface area (Å²) in [6.45, 7) is 14.5. The smallest absolute Gasteiger partial charge is 0.422 e. The van der Waals surface area contributed by atoms with Crippen LogP contribution >= 0.6 is 0 Å². The van der Waals surface area contributed by atoms with E-state index in [-0.39, 0.29) is 43.2 Å². The van der Waals surface area contributed by atoms with Crippen LogP contribution in [0.25, 0.3) is 10.8 Å². The van der Waals surface area contributed by atoms with Crippen LogP contribution in [0.3, 0.4) is 0 Å². The van der Waals surface area contributed by atoms with E-state index in [1.165, 1.54) is 4.90 Å². The lowest BCUT2D eigenvalue weighted by atomic mass is 9.88. The molecular formula is C42H60N6O10S. The number of sulfonamides is 1. The second-order valence-electron chi connectivity index (χ2n) is 18.2. The fourth-order valence-electron chi connectivity index (χ4n) is 7.89. The molecule has 4 amide bonds. The summed E-state index contributed by atoms with van der Waals surface area (Å²) in [5, 5.41) is 4.31. The van der Waals surface area contributed by atoms with E-state index in [4.69, 9.17) is 18.9 Å². The van der Waals surface area contributed by atoms with E-state index in [2.05, 4.69) is 32.8 Å². The molecule has 0 spiro atoms. The molecule has 59 heavy (non-hydrogen) atoms. The zero-order valence-electron chi connectivity index (χ0n) is 35.5. The van der Waals surface area contributed by atoms with Crippen LogP contribution in [0.2, 0.25) is 0 Å². The van der Waals surface area contributed by atoms with Crippen LogP contribution in [0, 0.1) is 17.8 Å². The number of rotatable bonds is 10. The van der Waals surface area contributed by atoms with Crippen LogP contribution in [0.4, 0.5) is 4.79 Å². The highest BCUT2D eigenvalue weighted by Crippen LogP contribution is 2.47. The molecule has 17 heteroatoms. The van der Waals surface area contributed by atoms with Crippen molar-refractivity contribution in [1.29, 1.82) is 0 Å². The van der Waals surface area contributed by atoms with E-state index < -0.39 is 73.8 Å². The van der Waals surface area contributed by atoms with Crippen LogP contribution < -0.4 is 35.1 Å². The SMILES string of the molecule is COc1ccc2c(O[C@@H]3C[C@H]4C(=O)N[C@]5(C(=O)NS(=O)(=O)C6(C)CC6)C[C@H]5/C=C\CC[C@@H](C)C[C@@H](C)[C@H](NNC(=O)OC(C)(C)C)C(=O)N4C3)nc(OC(C)C)cc2c1. The van der Waals surface area contributed by atoms with Crippen molar-refractivity contribution in [2.75, 3.05) is 13.7 Å². The van der Waals surface area contributed by atoms with Gasteiger partial charge in [0.25, 0.3) is 5.91 Å². The van der Waals surface area contributed by atoms with E-state index in [0.717, 1.165) is 11.8 Å². The summed E-state index contributed by atoms with van der Waals surface area (Å²) in [6.07, 6.45) is 5.20. The molecule has 3 fully saturated rings. The number of amides is 4. The maximum Gasteiger partial charge on any atom is 0.422 e. The summed E-state index contributed by atoms with van der Waals surface area (Å²) >= 11 is 0. The van der Waals surface area contributed by atoms with Gasteiger partial charge in [-0.25, -0.2) is 18.6 Å². The van der Waals surface area contributed by atoms with Crippen molar-refractivity contribution in [2.45, 2.75) is 141 Å². The van der Waals surface area contributed by atoms with Crippen LogP contribution in [-0.4, -0.2) is 95.9 Å². The lowest BCUT2D eigenvalue weighted by Crippen LogP contribution is -2.60. The Hall–Kier alpha value is -4.64. The predicted molar refractivity (Wildman–Crippen MR) is 220 cm³/mol. The molecular weight excluding hydrogens is 781 g/mol. The first-order valence-corrected chi connectivity index (χ1v) is 22.0. The van der Waals surface area contributed by atoms with Gasteiger partial charge >= 0.3 is 6.09 Å². The van der Waals surface area contributed by atoms with Gasteiger partial charge in [-0.3, -0.25) is 24.5 Å². The quantitative estimate of drug-likeness (QED) is 0.191. The number of methoxy groups -OCH3 is 1. The van der Waals surface area contributed by atoms with Crippen molar-refractivity contribution >= 4 is 44.6 Å². The average Bonchev–Trinajstić information content (AvgIpc) is 4.02. The molecule has 3 heterocycles. The molecule has 1 aromatic heterocycles. The van der Waals surface area contributed by atoms with Gasteiger partial charge in [-0.2, -0.15) is 4.98 Å². The minimum absolute atomic E-state index is 0.0116. The summed E-state index contributed by atoms with van der Waals surface area (Å²) < 4.78 is 51.2. The van der Waals surface area contributed by atoms with Gasteiger partial charge in [0.15, 0.2) is 0 Å². The molecule has 0 radical (unpaired) electrons. The molecule has 2 aliphatic heterocycles. The molecule has 4 N–H and O–H groups in total. The van der Waals surface area contributed by atoms with E-state index in [0.29, 0.717) is 42.7 Å². The zero-order chi connectivity index (χ0) is 43.1. The average molecular weight is 841 g/mol. The molecule has 6 rings (SSSR count). The zero-order valence-corrected chi connectivity index (χ0v) is 36.4. The van der Waals surface area contributed by atoms with Crippen LogP contribution in [-0.2, 0) is 29.1 Å². The fraction of sp³-hybridized carbons (Fsp3) is 0.643. The summed E-state index contributed by atoms with van der Waals surface area (Å²) in [7, 11) is -2.45. The van der Waals surface area contributed by atoms with Crippen molar-refractivity contribution in [3.05, 3.63) is 36.4 Å². The monoisotopic (exact) mass is 840 g/mol. The van der Waals surface area contributed by atoms with Crippen LogP contribution in [0.15, 0.2) is 36.4 Å². The maximum atomic E-state index is 14.9. The van der Waals surface area contributed by atoms with E-state index >= 15 is 0 Å². The number of pyridine rings is 1. The highest BCUT2D eigenvalue weighted by molar-refractivity contribution is 7.91. The largest absolute Gasteiger partial charge is 0.497 e. The van der Waals surface area contributed by atoms with Crippen LogP contribution in [0.5, 0.6) is 17.5 Å². The first-order chi connectivity index (χ1) is 27.6. The van der Waals surface area contributed by atoms with E-state index in [1.54, 1.807) is 46.9 Å². The molecule has 2 aliphatic carbocycles. The summed E-state index contributed by atoms with van der Waals surface area (Å²) in [6, 6.07) is 5.06. The number of allylic oxidation sites excluding steroid dienone is 1. The van der Waals surface area contributed by atoms with Crippen molar-refractivity contribution in [2.24, 2.45) is 17.8 Å².